The van der Waals surface area contributed by atoms with Crippen molar-refractivity contribution in [3.05, 3.63) is 229 Å². The van der Waals surface area contributed by atoms with Gasteiger partial charge in [0.05, 0.1) is 110 Å². The monoisotopic (exact) mass is 2090 g/mol. The minimum atomic E-state index is -3.58. The van der Waals surface area contributed by atoms with E-state index in [1.807, 2.05) is 148 Å². The van der Waals surface area contributed by atoms with E-state index in [1.165, 1.54) is 57.4 Å². The molecular formula is C107H136Cl2N26O11S2. The highest BCUT2D eigenvalue weighted by molar-refractivity contribution is 7.92. The fraction of sp³-hybridized carbons (Fsp3) is 0.477. The number of carbonyl (C=O) groups is 6. The molecule has 0 bridgehead atoms. The summed E-state index contributed by atoms with van der Waals surface area (Å²) in [7, 11) is -3.11. The smallest absolute Gasteiger partial charge is 0.256 e. The lowest BCUT2D eigenvalue weighted by Crippen LogP contribution is -2.58. The number of aromatic nitrogens is 12. The fourth-order valence-corrected chi connectivity index (χ4v) is 22.6. The van der Waals surface area contributed by atoms with Gasteiger partial charge in [-0.2, -0.15) is 20.4 Å². The number of likely N-dealkylation sites (tertiary alicyclic amines) is 4. The average Bonchev–Trinajstić information content (AvgIpc) is 1.62. The Hall–Kier alpha value is -13.1. The Bertz CT molecular complexity index is 7260. The van der Waals surface area contributed by atoms with E-state index in [0.717, 1.165) is 244 Å². The van der Waals surface area contributed by atoms with Gasteiger partial charge < -0.3 is 65.6 Å². The third kappa shape index (κ3) is 25.4. The molecule has 8 aliphatic rings. The number of amides is 6. The molecule has 0 radical (unpaired) electrons. The number of likely N-dealkylation sites (N-methyl/N-ethyl adjacent to an activating group) is 2. The first kappa shape index (κ1) is 106. The van der Waals surface area contributed by atoms with Crippen molar-refractivity contribution in [2.45, 2.75) is 239 Å². The highest BCUT2D eigenvalue weighted by Gasteiger charge is 2.40. The van der Waals surface area contributed by atoms with Gasteiger partial charge in [-0.1, -0.05) is 46.5 Å². The van der Waals surface area contributed by atoms with Gasteiger partial charge in [0, 0.05) is 179 Å². The van der Waals surface area contributed by atoms with E-state index in [1.54, 1.807) is 43.1 Å². The molecule has 8 aromatic heterocycles. The number of ether oxygens (including phenoxy) is 1. The molecule has 6 atom stereocenters. The maximum atomic E-state index is 13.9. The Kier molecular flexibility index (Phi) is 32.4. The number of hydrogen-bond acceptors (Lipinski definition) is 25. The molecule has 1 aliphatic carbocycles. The van der Waals surface area contributed by atoms with Gasteiger partial charge >= 0.3 is 0 Å². The number of nitrogens with zero attached hydrogens (tertiary/aromatic N) is 19. The van der Waals surface area contributed by atoms with Crippen LogP contribution in [0.2, 0.25) is 10.0 Å². The molecule has 6 amide bonds. The summed E-state index contributed by atoms with van der Waals surface area (Å²) in [5.41, 5.74) is 15.2. The number of fused-ring (bicyclic) bond motifs is 4. The van der Waals surface area contributed by atoms with Crippen LogP contribution in [0, 0.1) is 34.6 Å². The third-order valence-corrected chi connectivity index (χ3v) is 30.0. The van der Waals surface area contributed by atoms with Gasteiger partial charge in [-0.3, -0.25) is 38.2 Å². The molecule has 8 fully saturated rings. The lowest BCUT2D eigenvalue weighted by Gasteiger charge is -2.42. The second kappa shape index (κ2) is 45.2. The van der Waals surface area contributed by atoms with Crippen LogP contribution in [0.25, 0.3) is 22.6 Å². The molecule has 0 unspecified atom stereocenters. The molecule has 15 heterocycles. The number of hydrogen-bond donors (Lipinski definition) is 7. The molecule has 20 rings (SSSR count). The van der Waals surface area contributed by atoms with E-state index < -0.39 is 20.0 Å². The summed E-state index contributed by atoms with van der Waals surface area (Å²) in [4.78, 5) is 113. The Morgan fingerprint density at radius 2 is 0.730 bits per heavy atom. The summed E-state index contributed by atoms with van der Waals surface area (Å²) in [5, 5.41) is 35.8. The topological polar surface area (TPSA) is 408 Å². The molecule has 786 valence electrons. The molecule has 41 heteroatoms. The van der Waals surface area contributed by atoms with Crippen LogP contribution in [0.1, 0.15) is 278 Å². The summed E-state index contributed by atoms with van der Waals surface area (Å²) >= 11 is 12.4. The van der Waals surface area contributed by atoms with Gasteiger partial charge in [0.2, 0.25) is 31.9 Å². The SMILES string of the molecule is C=C(NC1CN(c2nc3cc([C@@H]4CCCCN4C(=O)c4cc(C)ccc4NC(C)=O)nn3cc2C)C1)OC(C)(C)C.CN[C@H]1CCCN(c2nc3cc([C@@H]4CCCCN4C(=O)c4cc(C)ccc4NC(C)=O)nn3cc2C)C1.CN[C@H]1CCCN(c2nc3cc([C@@H]4CCCCN4C(=O)c4cc(Cl)ccc4NS(C)(=O)=O)nn3cc2C)C1.CS(=O)(=O)Nc1ccc(Cl)cc1C(=O)N1CCCC[C@H]1c1cc2nc(C3CC3)ccn2n1. The van der Waals surface area contributed by atoms with Crippen molar-refractivity contribution in [1.82, 2.24) is 93.9 Å². The van der Waals surface area contributed by atoms with Gasteiger partial charge in [-0.25, -0.2) is 54.8 Å². The predicted octanol–water partition coefficient (Wildman–Crippen LogP) is 16.2. The lowest BCUT2D eigenvalue weighted by molar-refractivity contribution is -0.115. The van der Waals surface area contributed by atoms with Crippen LogP contribution in [0.3, 0.4) is 0 Å². The van der Waals surface area contributed by atoms with Crippen molar-refractivity contribution < 1.29 is 50.3 Å². The molecular weight excluding hydrogens is 1960 g/mol. The largest absolute Gasteiger partial charge is 0.474 e. The van der Waals surface area contributed by atoms with E-state index in [9.17, 15) is 45.6 Å². The van der Waals surface area contributed by atoms with Gasteiger partial charge in [0.15, 0.2) is 28.5 Å². The molecule has 12 aromatic rings. The number of anilines is 7. The summed E-state index contributed by atoms with van der Waals surface area (Å²) in [5.74, 6) is 2.92. The number of sulfonamides is 2. The fourth-order valence-electron chi connectivity index (χ4n) is 21.1. The summed E-state index contributed by atoms with van der Waals surface area (Å²) in [6.07, 6.45) is 27.8. The molecule has 1 saturated carbocycles. The van der Waals surface area contributed by atoms with Crippen molar-refractivity contribution >= 4 is 141 Å². The predicted molar refractivity (Wildman–Crippen MR) is 577 cm³/mol. The Morgan fingerprint density at radius 1 is 0.392 bits per heavy atom. The van der Waals surface area contributed by atoms with Crippen LogP contribution in [-0.4, -0.2) is 246 Å². The zero-order valence-corrected chi connectivity index (χ0v) is 90.0. The minimum Gasteiger partial charge on any atom is -0.474 e. The lowest BCUT2D eigenvalue weighted by atomic mass is 9.97. The molecule has 7 N–H and O–H groups in total. The standard InChI is InChI=1S/C31H41N7O3.C28H37N7O2.C26H34ClN7O3S.C22H24ClN5O3S/c1-19-11-12-25(32-21(3)39)24(14-19)30(40)37-13-9-8-10-27(37)26-15-28-34-29(20(2)16-38(28)35-26)36-17-23(18-36)33-22(4)41-31(5,6)7;1-18-10-11-23(30-20(3)36)22(14-18)28(37)34-13-6-5-9-25(34)24-15-26-31-27(19(2)16-35(26)32-24)33-12-7-8-21(17-33)29-4;1-17-15-34-24(29-25(17)32-11-6-7-19(16-32)28-2)14-22(30-34)23-8-4-5-12-33(23)26(35)20-13-18(27)9-10-21(20)31-38(3,36)37;1-32(30,31)26-18-8-7-15(23)12-16(18)22(29)27-10-3-2-4-20(27)19-13-21-24-17(14-5-6-14)9-11-28(21)25-19/h11-12,14-16,23,27,33H,4,8-10,13,17-18H2,1-3,5-7H3,(H,32,39);10-11,14-16,21,25,29H,5-9,12-13,17H2,1-4H3,(H,30,36);9-10,13-15,19,23,28,31H,4-8,11-12,16H2,1-3H3;7-9,11-14,20,26H,2-6,10H2,1H3/t27-;21-,25-;19-,23-;20-/m0000/s1. The van der Waals surface area contributed by atoms with Crippen LogP contribution in [-0.2, 0) is 34.4 Å². The van der Waals surface area contributed by atoms with Gasteiger partial charge in [-0.05, 0) is 258 Å². The average molecular weight is 2100 g/mol. The third-order valence-electron chi connectivity index (χ3n) is 28.3. The summed E-state index contributed by atoms with van der Waals surface area (Å²) in [6.45, 7) is 30.8. The van der Waals surface area contributed by atoms with E-state index in [4.69, 9.17) is 68.3 Å². The normalized spacial score (nSPS) is 19.5. The van der Waals surface area contributed by atoms with Crippen molar-refractivity contribution in [1.29, 1.82) is 0 Å². The number of carbonyl (C=O) groups excluding carboxylic acids is 6. The Labute approximate surface area is 874 Å². The quantitative estimate of drug-likeness (QED) is 0.0292. The van der Waals surface area contributed by atoms with Crippen molar-refractivity contribution in [3.63, 3.8) is 0 Å². The summed E-state index contributed by atoms with van der Waals surface area (Å²) < 4.78 is 65.4. The molecule has 7 saturated heterocycles. The zero-order chi connectivity index (χ0) is 105. The Morgan fingerprint density at radius 3 is 1.07 bits per heavy atom. The molecule has 37 nitrogen and oxygen atoms in total. The first-order chi connectivity index (χ1) is 70.6. The first-order valence-electron chi connectivity index (χ1n) is 51.4. The van der Waals surface area contributed by atoms with Crippen LogP contribution in [0.15, 0.2) is 140 Å². The second-order valence-corrected chi connectivity index (χ2v) is 45.9. The second-order valence-electron chi connectivity index (χ2n) is 41.5. The molecule has 0 spiro atoms. The maximum Gasteiger partial charge on any atom is 0.256 e. The van der Waals surface area contributed by atoms with Gasteiger partial charge in [0.25, 0.3) is 23.6 Å². The van der Waals surface area contributed by atoms with E-state index in [2.05, 4.69) is 77.4 Å². The number of piperidine rings is 6. The van der Waals surface area contributed by atoms with Crippen molar-refractivity contribution in [2.75, 3.05) is 127 Å². The van der Waals surface area contributed by atoms with Crippen molar-refractivity contribution in [3.8, 4) is 0 Å². The van der Waals surface area contributed by atoms with Crippen LogP contribution < -0.4 is 50.7 Å². The van der Waals surface area contributed by atoms with Crippen LogP contribution in [0.4, 0.5) is 40.2 Å². The highest BCUT2D eigenvalue weighted by atomic mass is 35.5. The minimum absolute atomic E-state index is 0.0783. The number of halogens is 2. The number of rotatable bonds is 23. The molecule has 7 aliphatic heterocycles. The maximum absolute atomic E-state index is 13.9. The van der Waals surface area contributed by atoms with E-state index in [0.29, 0.717) is 82.6 Å². The number of benzene rings is 4. The highest BCUT2D eigenvalue weighted by Crippen LogP contribution is 2.43. The van der Waals surface area contributed by atoms with Crippen LogP contribution >= 0.6 is 23.2 Å². The summed E-state index contributed by atoms with van der Waals surface area (Å²) in [6, 6.07) is 30.6. The number of aryl methyl sites for hydroxylation is 5. The first-order valence-corrected chi connectivity index (χ1v) is 55.9. The van der Waals surface area contributed by atoms with Crippen LogP contribution in [0.5, 0.6) is 0 Å². The van der Waals surface area contributed by atoms with Crippen molar-refractivity contribution in [2.24, 2.45) is 0 Å². The van der Waals surface area contributed by atoms with E-state index in [-0.39, 0.29) is 93.8 Å². The van der Waals surface area contributed by atoms with Gasteiger partial charge in [-0.15, -0.1) is 0 Å². The van der Waals surface area contributed by atoms with Gasteiger partial charge in [0.1, 0.15) is 23.1 Å². The molecule has 4 aromatic carbocycles. The zero-order valence-electron chi connectivity index (χ0n) is 86.8. The number of nitrogens with one attached hydrogen (secondary N) is 7. The molecule has 148 heavy (non-hydrogen) atoms. The van der Waals surface area contributed by atoms with E-state index >= 15 is 0 Å². The Balaban J connectivity index is 0.000000135.